The van der Waals surface area contributed by atoms with E-state index < -0.39 is 0 Å². The monoisotopic (exact) mass is 218 g/mol. The van der Waals surface area contributed by atoms with Gasteiger partial charge in [0.05, 0.1) is 5.69 Å². The van der Waals surface area contributed by atoms with Crippen LogP contribution in [0.15, 0.2) is 23.9 Å². The molecule has 1 heterocycles. The summed E-state index contributed by atoms with van der Waals surface area (Å²) in [6.45, 7) is 9.52. The van der Waals surface area contributed by atoms with Crippen molar-refractivity contribution in [3.8, 4) is 0 Å². The van der Waals surface area contributed by atoms with Gasteiger partial charge < -0.3 is 5.32 Å². The maximum Gasteiger partial charge on any atom is 0.0629 e. The van der Waals surface area contributed by atoms with Gasteiger partial charge in [-0.25, -0.2) is 0 Å². The number of nitrogens with one attached hydrogen (secondary N) is 1. The summed E-state index contributed by atoms with van der Waals surface area (Å²) in [4.78, 5) is 4.39. The highest BCUT2D eigenvalue weighted by Gasteiger charge is 1.98. The number of aryl methyl sites for hydroxylation is 1. The minimum Gasteiger partial charge on any atom is -0.311 e. The van der Waals surface area contributed by atoms with Gasteiger partial charge in [-0.1, -0.05) is 32.4 Å². The number of aromatic nitrogens is 1. The average molecular weight is 218 g/mol. The molecule has 0 aromatic carbocycles. The summed E-state index contributed by atoms with van der Waals surface area (Å²) in [6, 6.07) is 4.70. The Morgan fingerprint density at radius 1 is 1.44 bits per heavy atom. The standard InChI is InChI=1S/C14H22N2/c1-5-13(10-15-11(2)3)8-14-7-6-12(4)9-16-14/h6-9,11,15H,5,10H2,1-4H3/b13-8-. The van der Waals surface area contributed by atoms with E-state index in [1.807, 2.05) is 6.20 Å². The molecule has 0 unspecified atom stereocenters. The molecule has 1 N–H and O–H groups in total. The lowest BCUT2D eigenvalue weighted by atomic mass is 10.1. The van der Waals surface area contributed by atoms with Crippen molar-refractivity contribution in [2.45, 2.75) is 40.2 Å². The summed E-state index contributed by atoms with van der Waals surface area (Å²) in [6.07, 6.45) is 5.15. The Kier molecular flexibility index (Phi) is 5.20. The van der Waals surface area contributed by atoms with Crippen molar-refractivity contribution in [2.24, 2.45) is 0 Å². The highest BCUT2D eigenvalue weighted by molar-refractivity contribution is 5.49. The van der Waals surface area contributed by atoms with Gasteiger partial charge in [-0.05, 0) is 31.1 Å². The molecule has 0 aliphatic carbocycles. The van der Waals surface area contributed by atoms with Crippen LogP contribution in [0, 0.1) is 6.92 Å². The van der Waals surface area contributed by atoms with Gasteiger partial charge >= 0.3 is 0 Å². The molecule has 0 saturated carbocycles. The van der Waals surface area contributed by atoms with E-state index in [1.54, 1.807) is 0 Å². The predicted molar refractivity (Wildman–Crippen MR) is 70.4 cm³/mol. The zero-order valence-corrected chi connectivity index (χ0v) is 10.7. The van der Waals surface area contributed by atoms with E-state index in [0.29, 0.717) is 6.04 Å². The van der Waals surface area contributed by atoms with Gasteiger partial charge in [0.25, 0.3) is 0 Å². The molecule has 1 aromatic rings. The Bertz CT molecular complexity index is 336. The first kappa shape index (κ1) is 12.9. The van der Waals surface area contributed by atoms with Crippen LogP contribution >= 0.6 is 0 Å². The molecule has 1 rings (SSSR count). The Balaban J connectivity index is 2.67. The fourth-order valence-electron chi connectivity index (χ4n) is 1.39. The zero-order valence-electron chi connectivity index (χ0n) is 10.7. The third-order valence-electron chi connectivity index (χ3n) is 2.48. The maximum absolute atomic E-state index is 4.39. The Labute approximate surface area is 98.8 Å². The van der Waals surface area contributed by atoms with Crippen LogP contribution in [0.2, 0.25) is 0 Å². The summed E-state index contributed by atoms with van der Waals surface area (Å²) in [5, 5.41) is 3.43. The summed E-state index contributed by atoms with van der Waals surface area (Å²) in [5.74, 6) is 0. The molecule has 0 saturated heterocycles. The van der Waals surface area contributed by atoms with Crippen molar-refractivity contribution >= 4 is 6.08 Å². The van der Waals surface area contributed by atoms with Crippen molar-refractivity contribution in [3.63, 3.8) is 0 Å². The first-order valence-electron chi connectivity index (χ1n) is 5.97. The molecule has 0 aliphatic heterocycles. The Morgan fingerprint density at radius 2 is 2.19 bits per heavy atom. The van der Waals surface area contributed by atoms with E-state index in [0.717, 1.165) is 18.7 Å². The van der Waals surface area contributed by atoms with Gasteiger partial charge in [0.1, 0.15) is 0 Å². The van der Waals surface area contributed by atoms with Gasteiger partial charge in [-0.3, -0.25) is 4.98 Å². The van der Waals surface area contributed by atoms with E-state index in [9.17, 15) is 0 Å². The largest absolute Gasteiger partial charge is 0.311 e. The molecule has 2 heteroatoms. The highest BCUT2D eigenvalue weighted by atomic mass is 14.9. The number of hydrogen-bond donors (Lipinski definition) is 1. The van der Waals surface area contributed by atoms with E-state index in [-0.39, 0.29) is 0 Å². The molecule has 0 aliphatic rings. The summed E-state index contributed by atoms with van der Waals surface area (Å²) >= 11 is 0. The van der Waals surface area contributed by atoms with E-state index in [1.165, 1.54) is 11.1 Å². The summed E-state index contributed by atoms with van der Waals surface area (Å²) < 4.78 is 0. The molecule has 0 bridgehead atoms. The van der Waals surface area contributed by atoms with Crippen LogP contribution in [0.1, 0.15) is 38.4 Å². The van der Waals surface area contributed by atoms with E-state index in [4.69, 9.17) is 0 Å². The van der Waals surface area contributed by atoms with E-state index in [2.05, 4.69) is 56.2 Å². The SMILES string of the molecule is CC/C(=C/c1ccc(C)cn1)CNC(C)C. The molecule has 16 heavy (non-hydrogen) atoms. The lowest BCUT2D eigenvalue weighted by Crippen LogP contribution is -2.24. The lowest BCUT2D eigenvalue weighted by Gasteiger charge is -2.10. The van der Waals surface area contributed by atoms with Crippen LogP contribution in [0.5, 0.6) is 0 Å². The van der Waals surface area contributed by atoms with E-state index >= 15 is 0 Å². The number of rotatable bonds is 5. The molecule has 0 atom stereocenters. The first-order valence-corrected chi connectivity index (χ1v) is 5.97. The van der Waals surface area contributed by atoms with Crippen molar-refractivity contribution in [1.82, 2.24) is 10.3 Å². The summed E-state index contributed by atoms with van der Waals surface area (Å²) in [5.41, 5.74) is 3.65. The normalized spacial score (nSPS) is 12.2. The predicted octanol–water partition coefficient (Wildman–Crippen LogP) is 3.18. The van der Waals surface area contributed by atoms with Crippen LogP contribution in [0.4, 0.5) is 0 Å². The van der Waals surface area contributed by atoms with Gasteiger partial charge in [0.2, 0.25) is 0 Å². The zero-order chi connectivity index (χ0) is 12.0. The van der Waals surface area contributed by atoms with Crippen molar-refractivity contribution in [3.05, 3.63) is 35.2 Å². The minimum atomic E-state index is 0.529. The first-order chi connectivity index (χ1) is 7.61. The molecular formula is C14H22N2. The van der Waals surface area contributed by atoms with Crippen LogP contribution in [-0.4, -0.2) is 17.6 Å². The summed E-state index contributed by atoms with van der Waals surface area (Å²) in [7, 11) is 0. The number of hydrogen-bond acceptors (Lipinski definition) is 2. The van der Waals surface area contributed by atoms with Gasteiger partial charge in [-0.2, -0.15) is 0 Å². The van der Waals surface area contributed by atoms with Crippen molar-refractivity contribution in [2.75, 3.05) is 6.54 Å². The average Bonchev–Trinajstić information content (AvgIpc) is 2.26. The second-order valence-corrected chi connectivity index (χ2v) is 4.45. The Morgan fingerprint density at radius 3 is 2.69 bits per heavy atom. The van der Waals surface area contributed by atoms with Crippen LogP contribution in [0.25, 0.3) is 6.08 Å². The molecule has 88 valence electrons. The van der Waals surface area contributed by atoms with Gasteiger partial charge in [0.15, 0.2) is 0 Å². The molecular weight excluding hydrogens is 196 g/mol. The fourth-order valence-corrected chi connectivity index (χ4v) is 1.39. The highest BCUT2D eigenvalue weighted by Crippen LogP contribution is 2.07. The van der Waals surface area contributed by atoms with Crippen molar-refractivity contribution in [1.29, 1.82) is 0 Å². The topological polar surface area (TPSA) is 24.9 Å². The molecule has 0 radical (unpaired) electrons. The molecule has 0 fully saturated rings. The Hall–Kier alpha value is -1.15. The second kappa shape index (κ2) is 6.44. The molecule has 0 spiro atoms. The third-order valence-corrected chi connectivity index (χ3v) is 2.48. The number of nitrogens with zero attached hydrogens (tertiary/aromatic N) is 1. The lowest BCUT2D eigenvalue weighted by molar-refractivity contribution is 0.617. The smallest absolute Gasteiger partial charge is 0.0629 e. The quantitative estimate of drug-likeness (QED) is 0.821. The van der Waals surface area contributed by atoms with Crippen molar-refractivity contribution < 1.29 is 0 Å². The van der Waals surface area contributed by atoms with Crippen LogP contribution in [0.3, 0.4) is 0 Å². The molecule has 1 aromatic heterocycles. The fraction of sp³-hybridized carbons (Fsp3) is 0.500. The molecule has 0 amide bonds. The van der Waals surface area contributed by atoms with Crippen LogP contribution < -0.4 is 5.32 Å². The van der Waals surface area contributed by atoms with Gasteiger partial charge in [0, 0.05) is 18.8 Å². The third kappa shape index (κ3) is 4.58. The number of pyridine rings is 1. The second-order valence-electron chi connectivity index (χ2n) is 4.45. The minimum absolute atomic E-state index is 0.529. The van der Waals surface area contributed by atoms with Gasteiger partial charge in [-0.15, -0.1) is 0 Å². The van der Waals surface area contributed by atoms with Crippen LogP contribution in [-0.2, 0) is 0 Å². The molecule has 2 nitrogen and oxygen atoms in total. The maximum atomic E-state index is 4.39.